The molecule has 1 aromatic carbocycles. The van der Waals surface area contributed by atoms with Crippen LogP contribution in [-0.4, -0.2) is 42.3 Å². The smallest absolute Gasteiger partial charge is 0.155 e. The van der Waals surface area contributed by atoms with Crippen molar-refractivity contribution in [1.29, 1.82) is 0 Å². The predicted octanol–water partition coefficient (Wildman–Crippen LogP) is 5.02. The van der Waals surface area contributed by atoms with Gasteiger partial charge in [-0.05, 0) is 122 Å². The van der Waals surface area contributed by atoms with E-state index in [0.717, 1.165) is 44.9 Å². The SMILES string of the molecule is CN(C)c1ccc2c(c1)C[C@]13CCC(=O)C=C1CC[C@@H]1C3C2C[C@@]2(C)[C@@H]1CC[C@]2(O)CCCO. The van der Waals surface area contributed by atoms with Gasteiger partial charge >= 0.3 is 0 Å². The molecule has 3 saturated carbocycles. The highest BCUT2D eigenvalue weighted by Gasteiger charge is 2.68. The monoisotopic (exact) mass is 463 g/mol. The van der Waals surface area contributed by atoms with Crippen molar-refractivity contribution >= 4 is 11.5 Å². The molecule has 1 spiro atoms. The lowest BCUT2D eigenvalue weighted by Gasteiger charge is -2.65. The van der Waals surface area contributed by atoms with Crippen molar-refractivity contribution in [3.8, 4) is 0 Å². The van der Waals surface area contributed by atoms with Gasteiger partial charge in [0.1, 0.15) is 0 Å². The number of carbonyl (C=O) groups is 1. The van der Waals surface area contributed by atoms with Crippen LogP contribution in [0.25, 0.3) is 0 Å². The molecule has 0 amide bonds. The third-order valence-electron chi connectivity index (χ3n) is 11.3. The number of nitrogens with zero attached hydrogens (tertiary/aromatic N) is 1. The molecule has 0 heterocycles. The van der Waals surface area contributed by atoms with Crippen molar-refractivity contribution in [2.45, 2.75) is 82.7 Å². The standard InChI is InChI=1S/C30H41NO3/c1-28-18-25-23-8-6-21(31(2)3)15-19(23)17-29-12-9-22(33)16-20(29)5-7-24(27(25)29)26(28)10-13-30(28,34)11-4-14-32/h6,8,15-16,24-27,32,34H,4-5,7,9-14,17-18H2,1-3H3/t24-,25?,26+,27?,28-,29+,30+/m0/s1. The van der Waals surface area contributed by atoms with Gasteiger partial charge < -0.3 is 15.1 Å². The average Bonchev–Trinajstić information content (AvgIpc) is 3.08. The number of benzene rings is 1. The van der Waals surface area contributed by atoms with Crippen LogP contribution in [0.4, 0.5) is 5.69 Å². The molecule has 0 saturated heterocycles. The van der Waals surface area contributed by atoms with Crippen LogP contribution in [0.15, 0.2) is 29.8 Å². The maximum absolute atomic E-state index is 12.5. The zero-order valence-corrected chi connectivity index (χ0v) is 21.1. The summed E-state index contributed by atoms with van der Waals surface area (Å²) in [5, 5.41) is 21.6. The number of allylic oxidation sites excluding steroid dienone is 1. The van der Waals surface area contributed by atoms with Gasteiger partial charge in [-0.15, -0.1) is 0 Å². The lowest BCUT2D eigenvalue weighted by molar-refractivity contribution is -0.146. The Morgan fingerprint density at radius 1 is 1.15 bits per heavy atom. The van der Waals surface area contributed by atoms with Gasteiger partial charge in [0, 0.05) is 32.8 Å². The van der Waals surface area contributed by atoms with Crippen LogP contribution in [0, 0.1) is 28.6 Å². The molecule has 0 aromatic heterocycles. The Morgan fingerprint density at radius 3 is 2.74 bits per heavy atom. The summed E-state index contributed by atoms with van der Waals surface area (Å²) in [6, 6.07) is 7.06. The molecule has 34 heavy (non-hydrogen) atoms. The molecule has 4 heteroatoms. The quantitative estimate of drug-likeness (QED) is 0.658. The molecule has 2 unspecified atom stereocenters. The molecule has 2 N–H and O–H groups in total. The Labute approximate surface area is 204 Å². The van der Waals surface area contributed by atoms with E-state index in [-0.39, 0.29) is 17.4 Å². The first-order valence-corrected chi connectivity index (χ1v) is 13.6. The third-order valence-corrected chi connectivity index (χ3v) is 11.3. The van der Waals surface area contributed by atoms with Gasteiger partial charge in [-0.25, -0.2) is 0 Å². The molecule has 0 aliphatic heterocycles. The topological polar surface area (TPSA) is 60.8 Å². The summed E-state index contributed by atoms with van der Waals surface area (Å²) in [7, 11) is 4.22. The highest BCUT2D eigenvalue weighted by Crippen LogP contribution is 2.73. The first-order valence-electron chi connectivity index (χ1n) is 13.6. The largest absolute Gasteiger partial charge is 0.396 e. The normalized spacial score (nSPS) is 42.3. The minimum atomic E-state index is -0.682. The second-order valence-corrected chi connectivity index (χ2v) is 12.7. The minimum absolute atomic E-state index is 0.115. The zero-order valence-electron chi connectivity index (χ0n) is 21.1. The third kappa shape index (κ3) is 2.94. The number of hydrogen-bond acceptors (Lipinski definition) is 4. The van der Waals surface area contributed by atoms with E-state index in [1.54, 1.807) is 0 Å². The fourth-order valence-electron chi connectivity index (χ4n) is 9.75. The van der Waals surface area contributed by atoms with Crippen LogP contribution in [0.1, 0.15) is 81.8 Å². The molecule has 7 atom stereocenters. The molecule has 1 aromatic rings. The number of carbonyl (C=O) groups excluding carboxylic acids is 1. The van der Waals surface area contributed by atoms with Gasteiger partial charge in [0.2, 0.25) is 0 Å². The van der Waals surface area contributed by atoms with Crippen LogP contribution in [0.5, 0.6) is 0 Å². The van der Waals surface area contributed by atoms with E-state index in [0.29, 0.717) is 48.7 Å². The second-order valence-electron chi connectivity index (χ2n) is 12.7. The summed E-state index contributed by atoms with van der Waals surface area (Å²) in [5.41, 5.74) is 4.97. The number of hydrogen-bond donors (Lipinski definition) is 2. The van der Waals surface area contributed by atoms with E-state index in [2.05, 4.69) is 44.1 Å². The molecule has 0 radical (unpaired) electrons. The fourth-order valence-corrected chi connectivity index (χ4v) is 9.75. The van der Waals surface area contributed by atoms with Crippen LogP contribution in [-0.2, 0) is 11.2 Å². The molecular formula is C30H41NO3. The van der Waals surface area contributed by atoms with Crippen molar-refractivity contribution < 1.29 is 15.0 Å². The number of aliphatic hydroxyl groups is 2. The minimum Gasteiger partial charge on any atom is -0.396 e. The van der Waals surface area contributed by atoms with Crippen molar-refractivity contribution in [3.05, 3.63) is 41.0 Å². The Morgan fingerprint density at radius 2 is 1.97 bits per heavy atom. The lowest BCUT2D eigenvalue weighted by atomic mass is 9.39. The molecule has 184 valence electrons. The summed E-state index contributed by atoms with van der Waals surface area (Å²) in [6.07, 6.45) is 11.4. The predicted molar refractivity (Wildman–Crippen MR) is 135 cm³/mol. The van der Waals surface area contributed by atoms with Crippen molar-refractivity contribution in [3.63, 3.8) is 0 Å². The highest BCUT2D eigenvalue weighted by atomic mass is 16.3. The first-order chi connectivity index (χ1) is 16.2. The van der Waals surface area contributed by atoms with Gasteiger partial charge in [0.25, 0.3) is 0 Å². The van der Waals surface area contributed by atoms with E-state index in [9.17, 15) is 15.0 Å². The number of aliphatic hydroxyl groups excluding tert-OH is 1. The maximum Gasteiger partial charge on any atom is 0.155 e. The summed E-state index contributed by atoms with van der Waals surface area (Å²) in [6.45, 7) is 2.53. The van der Waals surface area contributed by atoms with E-state index in [4.69, 9.17) is 0 Å². The Hall–Kier alpha value is -1.65. The van der Waals surface area contributed by atoms with Gasteiger partial charge in [0.05, 0.1) is 5.60 Å². The zero-order chi connectivity index (χ0) is 23.9. The second kappa shape index (κ2) is 7.67. The average molecular weight is 464 g/mol. The number of anilines is 1. The lowest BCUT2D eigenvalue weighted by Crippen LogP contribution is -2.59. The van der Waals surface area contributed by atoms with Crippen LogP contribution in [0.2, 0.25) is 0 Å². The highest BCUT2D eigenvalue weighted by molar-refractivity contribution is 5.91. The summed E-state index contributed by atoms with van der Waals surface area (Å²) in [5.74, 6) is 2.48. The van der Waals surface area contributed by atoms with E-state index in [1.165, 1.54) is 22.4 Å². The van der Waals surface area contributed by atoms with Crippen LogP contribution < -0.4 is 4.90 Å². The summed E-state index contributed by atoms with van der Waals surface area (Å²) >= 11 is 0. The summed E-state index contributed by atoms with van der Waals surface area (Å²) < 4.78 is 0. The molecule has 0 bridgehead atoms. The summed E-state index contributed by atoms with van der Waals surface area (Å²) in [4.78, 5) is 14.7. The molecule has 5 aliphatic rings. The molecule has 5 aliphatic carbocycles. The van der Waals surface area contributed by atoms with E-state index < -0.39 is 5.60 Å². The van der Waals surface area contributed by atoms with Gasteiger partial charge in [-0.2, -0.15) is 0 Å². The van der Waals surface area contributed by atoms with Gasteiger partial charge in [-0.1, -0.05) is 18.6 Å². The van der Waals surface area contributed by atoms with Crippen molar-refractivity contribution in [1.82, 2.24) is 0 Å². The first kappa shape index (κ1) is 22.8. The number of ketones is 1. The van der Waals surface area contributed by atoms with Gasteiger partial charge in [-0.3, -0.25) is 4.79 Å². The van der Waals surface area contributed by atoms with Crippen LogP contribution in [0.3, 0.4) is 0 Å². The van der Waals surface area contributed by atoms with Gasteiger partial charge in [0.15, 0.2) is 5.78 Å². The Balaban J connectivity index is 1.51. The fraction of sp³-hybridized carbons (Fsp3) is 0.700. The number of fused-ring (bicyclic) bond motifs is 4. The van der Waals surface area contributed by atoms with E-state index >= 15 is 0 Å². The number of rotatable bonds is 4. The van der Waals surface area contributed by atoms with Crippen LogP contribution >= 0.6 is 0 Å². The molecule has 3 fully saturated rings. The molecule has 6 rings (SSSR count). The Kier molecular flexibility index (Phi) is 5.14. The maximum atomic E-state index is 12.5. The van der Waals surface area contributed by atoms with Crippen molar-refractivity contribution in [2.75, 3.05) is 25.6 Å². The molecular weight excluding hydrogens is 422 g/mol. The Bertz CT molecular complexity index is 1050. The van der Waals surface area contributed by atoms with E-state index in [1.807, 2.05) is 6.08 Å². The molecule has 4 nitrogen and oxygen atoms in total. The van der Waals surface area contributed by atoms with Crippen molar-refractivity contribution in [2.24, 2.45) is 28.6 Å².